The summed E-state index contributed by atoms with van der Waals surface area (Å²) in [5, 5.41) is 6.25. The molecule has 2 N–H and O–H groups in total. The third-order valence-electron chi connectivity index (χ3n) is 3.79. The van der Waals surface area contributed by atoms with Crippen molar-refractivity contribution in [1.29, 1.82) is 0 Å². The van der Waals surface area contributed by atoms with E-state index in [9.17, 15) is 4.79 Å². The predicted octanol–water partition coefficient (Wildman–Crippen LogP) is 1.50. The van der Waals surface area contributed by atoms with Crippen LogP contribution in [0.2, 0.25) is 0 Å². The fourth-order valence-corrected chi connectivity index (χ4v) is 2.56. The van der Waals surface area contributed by atoms with Crippen molar-refractivity contribution in [2.45, 2.75) is 31.7 Å². The molecule has 0 bridgehead atoms. The minimum Gasteiger partial charge on any atom is -0.493 e. The maximum atomic E-state index is 12.0. The third kappa shape index (κ3) is 4.36. The first kappa shape index (κ1) is 15.6. The molecule has 1 fully saturated rings. The molecule has 0 aromatic heterocycles. The van der Waals surface area contributed by atoms with Crippen LogP contribution in [0.3, 0.4) is 0 Å². The minimum atomic E-state index is -0.0239. The van der Waals surface area contributed by atoms with Gasteiger partial charge >= 0.3 is 0 Å². The molecule has 0 aliphatic carbocycles. The summed E-state index contributed by atoms with van der Waals surface area (Å²) in [4.78, 5) is 12.0. The third-order valence-corrected chi connectivity index (χ3v) is 3.79. The molecule has 1 atom stereocenters. The lowest BCUT2D eigenvalue weighted by Gasteiger charge is -2.22. The van der Waals surface area contributed by atoms with Crippen LogP contribution in [0.15, 0.2) is 18.2 Å². The van der Waals surface area contributed by atoms with Crippen molar-refractivity contribution in [3.05, 3.63) is 23.8 Å². The maximum Gasteiger partial charge on any atom is 0.237 e. The molecule has 1 aromatic carbocycles. The Morgan fingerprint density at radius 2 is 2.10 bits per heavy atom. The van der Waals surface area contributed by atoms with Crippen molar-refractivity contribution in [3.63, 3.8) is 0 Å². The Kier molecular flexibility index (Phi) is 5.87. The number of rotatable bonds is 6. The summed E-state index contributed by atoms with van der Waals surface area (Å²) < 4.78 is 10.5. The van der Waals surface area contributed by atoms with E-state index in [1.807, 2.05) is 18.2 Å². The Balaban J connectivity index is 1.81. The van der Waals surface area contributed by atoms with E-state index in [4.69, 9.17) is 9.47 Å². The standard InChI is InChI=1S/C16H24N2O3/c1-20-14-7-6-12(11-15(14)21-2)8-10-18-16(19)13-5-3-4-9-17-13/h6-7,11,13,17H,3-5,8-10H2,1-2H3,(H,18,19)/t13-/m0/s1. The van der Waals surface area contributed by atoms with E-state index in [0.29, 0.717) is 6.54 Å². The van der Waals surface area contributed by atoms with Crippen LogP contribution in [0.5, 0.6) is 11.5 Å². The van der Waals surface area contributed by atoms with Gasteiger partial charge in [0.05, 0.1) is 20.3 Å². The molecule has 0 radical (unpaired) electrons. The minimum absolute atomic E-state index is 0.0239. The monoisotopic (exact) mass is 292 g/mol. The van der Waals surface area contributed by atoms with Crippen molar-refractivity contribution in [1.82, 2.24) is 10.6 Å². The van der Waals surface area contributed by atoms with Crippen LogP contribution in [0.4, 0.5) is 0 Å². The number of hydrogen-bond donors (Lipinski definition) is 2. The molecular weight excluding hydrogens is 268 g/mol. The molecule has 0 spiro atoms. The zero-order chi connectivity index (χ0) is 15.1. The Bertz CT molecular complexity index is 471. The van der Waals surface area contributed by atoms with Gasteiger partial charge in [0.1, 0.15) is 0 Å². The molecule has 1 saturated heterocycles. The van der Waals surface area contributed by atoms with Gasteiger partial charge in [-0.3, -0.25) is 4.79 Å². The van der Waals surface area contributed by atoms with Gasteiger partial charge in [0.2, 0.25) is 5.91 Å². The molecule has 0 unspecified atom stereocenters. The fourth-order valence-electron chi connectivity index (χ4n) is 2.56. The summed E-state index contributed by atoms with van der Waals surface area (Å²) in [7, 11) is 3.24. The van der Waals surface area contributed by atoms with E-state index in [1.54, 1.807) is 14.2 Å². The normalized spacial score (nSPS) is 18.1. The summed E-state index contributed by atoms with van der Waals surface area (Å²) in [6, 6.07) is 5.80. The first-order valence-electron chi connectivity index (χ1n) is 7.46. The number of ether oxygens (including phenoxy) is 2. The topological polar surface area (TPSA) is 59.6 Å². The van der Waals surface area contributed by atoms with E-state index < -0.39 is 0 Å². The summed E-state index contributed by atoms with van der Waals surface area (Å²) in [6.45, 7) is 1.57. The highest BCUT2D eigenvalue weighted by Gasteiger charge is 2.19. The van der Waals surface area contributed by atoms with Crippen LogP contribution < -0.4 is 20.1 Å². The van der Waals surface area contributed by atoms with Crippen LogP contribution in [0, 0.1) is 0 Å². The number of carbonyl (C=O) groups is 1. The van der Waals surface area contributed by atoms with E-state index in [-0.39, 0.29) is 11.9 Å². The Morgan fingerprint density at radius 3 is 2.76 bits per heavy atom. The van der Waals surface area contributed by atoms with Crippen LogP contribution in [0.25, 0.3) is 0 Å². The maximum absolute atomic E-state index is 12.0. The average molecular weight is 292 g/mol. The highest BCUT2D eigenvalue weighted by molar-refractivity contribution is 5.81. The molecule has 1 aromatic rings. The van der Waals surface area contributed by atoms with Gasteiger partial charge in [-0.05, 0) is 43.5 Å². The molecule has 1 heterocycles. The first-order valence-corrected chi connectivity index (χ1v) is 7.46. The Labute approximate surface area is 126 Å². The molecule has 21 heavy (non-hydrogen) atoms. The van der Waals surface area contributed by atoms with Gasteiger partial charge in [0.25, 0.3) is 0 Å². The van der Waals surface area contributed by atoms with Gasteiger partial charge in [-0.15, -0.1) is 0 Å². The molecule has 1 amide bonds. The summed E-state index contributed by atoms with van der Waals surface area (Å²) in [6.07, 6.45) is 4.00. The summed E-state index contributed by atoms with van der Waals surface area (Å²) in [5.74, 6) is 1.54. The van der Waals surface area contributed by atoms with E-state index in [2.05, 4.69) is 10.6 Å². The van der Waals surface area contributed by atoms with E-state index in [0.717, 1.165) is 49.3 Å². The molecule has 0 saturated carbocycles. The van der Waals surface area contributed by atoms with Gasteiger partial charge in [0, 0.05) is 6.54 Å². The number of carbonyl (C=O) groups excluding carboxylic acids is 1. The molecule has 5 heteroatoms. The van der Waals surface area contributed by atoms with E-state index in [1.165, 1.54) is 0 Å². The lowest BCUT2D eigenvalue weighted by molar-refractivity contribution is -0.123. The van der Waals surface area contributed by atoms with Gasteiger partial charge in [-0.2, -0.15) is 0 Å². The fraction of sp³-hybridized carbons (Fsp3) is 0.562. The smallest absolute Gasteiger partial charge is 0.237 e. The SMILES string of the molecule is COc1ccc(CCNC(=O)[C@@H]2CCCCN2)cc1OC. The lowest BCUT2D eigenvalue weighted by atomic mass is 10.0. The van der Waals surface area contributed by atoms with Crippen LogP contribution >= 0.6 is 0 Å². The second-order valence-corrected chi connectivity index (χ2v) is 5.23. The summed E-state index contributed by atoms with van der Waals surface area (Å²) >= 11 is 0. The van der Waals surface area contributed by atoms with E-state index >= 15 is 0 Å². The van der Waals surface area contributed by atoms with Gasteiger partial charge < -0.3 is 20.1 Å². The molecule has 2 rings (SSSR count). The zero-order valence-corrected chi connectivity index (χ0v) is 12.8. The Morgan fingerprint density at radius 1 is 1.29 bits per heavy atom. The second-order valence-electron chi connectivity index (χ2n) is 5.23. The highest BCUT2D eigenvalue weighted by Crippen LogP contribution is 2.27. The lowest BCUT2D eigenvalue weighted by Crippen LogP contribution is -2.47. The number of nitrogens with one attached hydrogen (secondary N) is 2. The number of benzene rings is 1. The van der Waals surface area contributed by atoms with Crippen molar-refractivity contribution in [3.8, 4) is 11.5 Å². The predicted molar refractivity (Wildman–Crippen MR) is 81.9 cm³/mol. The first-order chi connectivity index (χ1) is 10.2. The average Bonchev–Trinajstić information content (AvgIpc) is 2.55. The van der Waals surface area contributed by atoms with Crippen molar-refractivity contribution in [2.75, 3.05) is 27.3 Å². The number of piperidine rings is 1. The Hall–Kier alpha value is -1.75. The number of amides is 1. The number of hydrogen-bond acceptors (Lipinski definition) is 4. The highest BCUT2D eigenvalue weighted by atomic mass is 16.5. The second kappa shape index (κ2) is 7.88. The molecule has 1 aliphatic heterocycles. The van der Waals surface area contributed by atoms with Crippen molar-refractivity contribution >= 4 is 5.91 Å². The van der Waals surface area contributed by atoms with Crippen LogP contribution in [0.1, 0.15) is 24.8 Å². The largest absolute Gasteiger partial charge is 0.493 e. The molecule has 1 aliphatic rings. The molecular formula is C16H24N2O3. The molecule has 116 valence electrons. The van der Waals surface area contributed by atoms with Gasteiger partial charge in [-0.25, -0.2) is 0 Å². The van der Waals surface area contributed by atoms with Crippen molar-refractivity contribution in [2.24, 2.45) is 0 Å². The van der Waals surface area contributed by atoms with Crippen molar-refractivity contribution < 1.29 is 14.3 Å². The van der Waals surface area contributed by atoms with Crippen LogP contribution in [-0.4, -0.2) is 39.3 Å². The van der Waals surface area contributed by atoms with Gasteiger partial charge in [0.15, 0.2) is 11.5 Å². The number of methoxy groups -OCH3 is 2. The van der Waals surface area contributed by atoms with Crippen LogP contribution in [-0.2, 0) is 11.2 Å². The molecule has 5 nitrogen and oxygen atoms in total. The quantitative estimate of drug-likeness (QED) is 0.834. The summed E-state index contributed by atoms with van der Waals surface area (Å²) in [5.41, 5.74) is 1.12. The zero-order valence-electron chi connectivity index (χ0n) is 12.8. The van der Waals surface area contributed by atoms with Gasteiger partial charge in [-0.1, -0.05) is 12.5 Å².